The van der Waals surface area contributed by atoms with Gasteiger partial charge in [0.15, 0.2) is 12.4 Å². The first-order chi connectivity index (χ1) is 22.0. The van der Waals surface area contributed by atoms with E-state index in [1.807, 2.05) is 91.0 Å². The van der Waals surface area contributed by atoms with E-state index in [0.717, 1.165) is 40.7 Å². The van der Waals surface area contributed by atoms with Crippen molar-refractivity contribution in [3.63, 3.8) is 0 Å². The largest absolute Gasteiger partial charge is 0.347 e. The van der Waals surface area contributed by atoms with Crippen molar-refractivity contribution in [2.75, 3.05) is 26.2 Å². The standard InChI is InChI=1S/C37H34N6O2/c38-24-42-18-17-34(22-42)40-36(44)29-15-11-28(12-16-29)31-7-4-8-32(19-31)33-20-35(23-43(21-33)25-39)41-37(45)30-13-9-27(10-14-30)26-5-2-1-3-6-26/h1-16,19,33-35H,17-18,20-23H2,(H,40,44)(H,41,45). The van der Waals surface area contributed by atoms with Crippen molar-refractivity contribution in [2.24, 2.45) is 0 Å². The van der Waals surface area contributed by atoms with Gasteiger partial charge in [0.2, 0.25) is 0 Å². The molecule has 2 N–H and O–H groups in total. The maximum Gasteiger partial charge on any atom is 0.251 e. The molecule has 8 heteroatoms. The first-order valence-corrected chi connectivity index (χ1v) is 15.3. The van der Waals surface area contributed by atoms with Crippen LogP contribution in [0.25, 0.3) is 22.3 Å². The Hall–Kier alpha value is -5.60. The number of hydrogen-bond donors (Lipinski definition) is 2. The van der Waals surface area contributed by atoms with Crippen molar-refractivity contribution in [2.45, 2.75) is 30.8 Å². The molecule has 45 heavy (non-hydrogen) atoms. The third-order valence-electron chi connectivity index (χ3n) is 8.68. The van der Waals surface area contributed by atoms with Crippen molar-refractivity contribution in [1.82, 2.24) is 20.4 Å². The number of nitriles is 2. The number of carbonyl (C=O) groups is 2. The summed E-state index contributed by atoms with van der Waals surface area (Å²) in [6, 6.07) is 33.2. The molecule has 0 aliphatic carbocycles. The van der Waals surface area contributed by atoms with Gasteiger partial charge in [0.1, 0.15) is 0 Å². The van der Waals surface area contributed by atoms with Crippen molar-refractivity contribution < 1.29 is 9.59 Å². The summed E-state index contributed by atoms with van der Waals surface area (Å²) < 4.78 is 0. The molecule has 3 unspecified atom stereocenters. The van der Waals surface area contributed by atoms with Crippen LogP contribution in [0, 0.1) is 22.9 Å². The molecule has 2 saturated heterocycles. The Balaban J connectivity index is 1.11. The van der Waals surface area contributed by atoms with Crippen LogP contribution in [0.3, 0.4) is 0 Å². The van der Waals surface area contributed by atoms with Crippen LogP contribution in [0.1, 0.15) is 45.0 Å². The molecule has 2 amide bonds. The Morgan fingerprint density at radius 1 is 0.622 bits per heavy atom. The van der Waals surface area contributed by atoms with Gasteiger partial charge in [0.25, 0.3) is 11.8 Å². The van der Waals surface area contributed by atoms with Gasteiger partial charge >= 0.3 is 0 Å². The SMILES string of the molecule is N#CN1CCC(NC(=O)c2ccc(-c3cccc(C4CC(NC(=O)c5ccc(-c6ccccc6)cc5)CN(C#N)C4)c3)cc2)C1. The highest BCUT2D eigenvalue weighted by molar-refractivity contribution is 5.95. The van der Waals surface area contributed by atoms with Gasteiger partial charge in [-0.1, -0.05) is 78.9 Å². The number of likely N-dealkylation sites (tertiary alicyclic amines) is 2. The van der Waals surface area contributed by atoms with Crippen LogP contribution in [0.4, 0.5) is 0 Å². The summed E-state index contributed by atoms with van der Waals surface area (Å²) in [5, 5.41) is 25.0. The van der Waals surface area contributed by atoms with Gasteiger partial charge in [-0.2, -0.15) is 10.5 Å². The van der Waals surface area contributed by atoms with Gasteiger partial charge in [-0.25, -0.2) is 0 Å². The number of benzene rings is 4. The fourth-order valence-electron chi connectivity index (χ4n) is 6.26. The van der Waals surface area contributed by atoms with Crippen molar-refractivity contribution >= 4 is 11.8 Å². The molecule has 4 aromatic rings. The summed E-state index contributed by atoms with van der Waals surface area (Å²) in [6.45, 7) is 2.27. The normalized spacial score (nSPS) is 19.3. The molecule has 4 aromatic carbocycles. The van der Waals surface area contributed by atoms with Crippen LogP contribution in [-0.2, 0) is 0 Å². The van der Waals surface area contributed by atoms with Gasteiger partial charge in [-0.05, 0) is 64.9 Å². The molecular formula is C37H34N6O2. The fraction of sp³-hybridized carbons (Fsp3) is 0.243. The number of piperidine rings is 1. The quantitative estimate of drug-likeness (QED) is 0.278. The summed E-state index contributed by atoms with van der Waals surface area (Å²) in [6.07, 6.45) is 5.91. The highest BCUT2D eigenvalue weighted by Crippen LogP contribution is 2.31. The van der Waals surface area contributed by atoms with Crippen LogP contribution in [0.2, 0.25) is 0 Å². The maximum atomic E-state index is 13.2. The molecule has 2 heterocycles. The molecule has 0 spiro atoms. The first kappa shape index (κ1) is 29.5. The predicted molar refractivity (Wildman–Crippen MR) is 173 cm³/mol. The fourth-order valence-corrected chi connectivity index (χ4v) is 6.26. The van der Waals surface area contributed by atoms with Crippen molar-refractivity contribution in [3.8, 4) is 34.6 Å². The highest BCUT2D eigenvalue weighted by Gasteiger charge is 2.29. The van der Waals surface area contributed by atoms with E-state index in [2.05, 4.69) is 35.2 Å². The topological polar surface area (TPSA) is 112 Å². The van der Waals surface area contributed by atoms with Crippen molar-refractivity contribution in [1.29, 1.82) is 10.5 Å². The van der Waals surface area contributed by atoms with Gasteiger partial charge in [0.05, 0.1) is 0 Å². The van der Waals surface area contributed by atoms with E-state index in [4.69, 9.17) is 5.26 Å². The van der Waals surface area contributed by atoms with E-state index < -0.39 is 0 Å². The third kappa shape index (κ3) is 6.98. The molecular weight excluding hydrogens is 560 g/mol. The predicted octanol–water partition coefficient (Wildman–Crippen LogP) is 5.37. The monoisotopic (exact) mass is 594 g/mol. The Morgan fingerprint density at radius 3 is 1.80 bits per heavy atom. The van der Waals surface area contributed by atoms with Gasteiger partial charge in [-0.3, -0.25) is 9.59 Å². The Morgan fingerprint density at radius 2 is 1.18 bits per heavy atom. The van der Waals surface area contributed by atoms with Gasteiger partial charge in [0, 0.05) is 55.3 Å². The molecule has 0 radical (unpaired) electrons. The Labute approximate surface area is 263 Å². The minimum atomic E-state index is -0.175. The van der Waals surface area contributed by atoms with Crippen LogP contribution in [0.5, 0.6) is 0 Å². The Bertz CT molecular complexity index is 1740. The molecule has 8 nitrogen and oxygen atoms in total. The van der Waals surface area contributed by atoms with Crippen molar-refractivity contribution in [3.05, 3.63) is 120 Å². The number of rotatable bonds is 7. The molecule has 3 atom stereocenters. The van der Waals surface area contributed by atoms with Crippen LogP contribution in [0.15, 0.2) is 103 Å². The molecule has 0 bridgehead atoms. The van der Waals surface area contributed by atoms with E-state index in [0.29, 0.717) is 37.3 Å². The minimum Gasteiger partial charge on any atom is -0.347 e. The molecule has 0 aromatic heterocycles. The zero-order chi connectivity index (χ0) is 31.2. The third-order valence-corrected chi connectivity index (χ3v) is 8.68. The average molecular weight is 595 g/mol. The second kappa shape index (κ2) is 13.4. The van der Waals surface area contributed by atoms with Gasteiger partial charge < -0.3 is 20.4 Å². The summed E-state index contributed by atoms with van der Waals surface area (Å²) in [5.74, 6) is -0.223. The van der Waals surface area contributed by atoms with Gasteiger partial charge in [-0.15, -0.1) is 0 Å². The van der Waals surface area contributed by atoms with E-state index in [9.17, 15) is 14.9 Å². The average Bonchev–Trinajstić information content (AvgIpc) is 3.56. The van der Waals surface area contributed by atoms with E-state index in [-0.39, 0.29) is 29.8 Å². The first-order valence-electron chi connectivity index (χ1n) is 15.3. The lowest BCUT2D eigenvalue weighted by molar-refractivity contribution is 0.0910. The lowest BCUT2D eigenvalue weighted by atomic mass is 9.86. The molecule has 2 aliphatic rings. The number of nitrogens with one attached hydrogen (secondary N) is 2. The summed E-state index contributed by atoms with van der Waals surface area (Å²) in [7, 11) is 0. The molecule has 6 rings (SSSR count). The Kier molecular flexibility index (Phi) is 8.75. The summed E-state index contributed by atoms with van der Waals surface area (Å²) >= 11 is 0. The summed E-state index contributed by atoms with van der Waals surface area (Å²) in [5.41, 5.74) is 6.43. The second-order valence-corrected chi connectivity index (χ2v) is 11.8. The zero-order valence-electron chi connectivity index (χ0n) is 24.9. The van der Waals surface area contributed by atoms with Crippen LogP contribution in [-0.4, -0.2) is 59.9 Å². The number of carbonyl (C=O) groups excluding carboxylic acids is 2. The van der Waals surface area contributed by atoms with E-state index >= 15 is 0 Å². The molecule has 224 valence electrons. The van der Waals surface area contributed by atoms with Crippen LogP contribution < -0.4 is 10.6 Å². The number of nitrogens with zero attached hydrogens (tertiary/aromatic N) is 4. The molecule has 0 saturated carbocycles. The smallest absolute Gasteiger partial charge is 0.251 e. The lowest BCUT2D eigenvalue weighted by Gasteiger charge is -2.35. The zero-order valence-corrected chi connectivity index (χ0v) is 24.9. The van der Waals surface area contributed by atoms with E-state index in [1.165, 1.54) is 0 Å². The minimum absolute atomic E-state index is 0.0224. The maximum absolute atomic E-state index is 13.2. The number of hydrogen-bond acceptors (Lipinski definition) is 6. The highest BCUT2D eigenvalue weighted by atomic mass is 16.2. The second-order valence-electron chi connectivity index (χ2n) is 11.8. The lowest BCUT2D eigenvalue weighted by Crippen LogP contribution is -2.48. The number of amides is 2. The van der Waals surface area contributed by atoms with Crippen LogP contribution >= 0.6 is 0 Å². The molecule has 2 aliphatic heterocycles. The van der Waals surface area contributed by atoms with E-state index in [1.54, 1.807) is 9.80 Å². The molecule has 2 fully saturated rings. The summed E-state index contributed by atoms with van der Waals surface area (Å²) in [4.78, 5) is 29.3.